The van der Waals surface area contributed by atoms with Crippen LogP contribution in [0.5, 0.6) is 5.75 Å². The van der Waals surface area contributed by atoms with E-state index in [9.17, 15) is 13.2 Å². The van der Waals surface area contributed by atoms with E-state index in [0.717, 1.165) is 28.7 Å². The highest BCUT2D eigenvalue weighted by molar-refractivity contribution is 7.92. The number of methoxy groups -OCH3 is 1. The van der Waals surface area contributed by atoms with Crippen molar-refractivity contribution < 1.29 is 17.9 Å². The summed E-state index contributed by atoms with van der Waals surface area (Å²) >= 11 is 1.34. The summed E-state index contributed by atoms with van der Waals surface area (Å²) in [6, 6.07) is 14.2. The van der Waals surface area contributed by atoms with Gasteiger partial charge in [-0.25, -0.2) is 8.42 Å². The first-order chi connectivity index (χ1) is 13.3. The molecule has 1 aromatic heterocycles. The van der Waals surface area contributed by atoms with Crippen molar-refractivity contribution in [2.75, 3.05) is 23.4 Å². The molecular formula is C20H20N2O4S2. The molecular weight excluding hydrogens is 396 g/mol. The molecule has 0 unspecified atom stereocenters. The maximum atomic E-state index is 12.6. The highest BCUT2D eigenvalue weighted by Crippen LogP contribution is 2.33. The van der Waals surface area contributed by atoms with Gasteiger partial charge >= 0.3 is 0 Å². The number of nitrogens with one attached hydrogen (secondary N) is 2. The van der Waals surface area contributed by atoms with E-state index < -0.39 is 10.0 Å². The van der Waals surface area contributed by atoms with Gasteiger partial charge in [-0.15, -0.1) is 11.3 Å². The van der Waals surface area contributed by atoms with Crippen molar-refractivity contribution in [3.63, 3.8) is 0 Å². The molecule has 0 aliphatic carbocycles. The van der Waals surface area contributed by atoms with Crippen LogP contribution in [0.2, 0.25) is 0 Å². The smallest absolute Gasteiger partial charge is 0.265 e. The molecule has 2 aromatic carbocycles. The lowest BCUT2D eigenvalue weighted by molar-refractivity contribution is 0.103. The standard InChI is InChI=1S/C20H20N2O4S2/c1-13-17(8-5-9-18(13)26-2)14-10-19(27-12-14)20(23)21-15-6-4-7-16(11-15)22-28(3,24)25/h4-12,22H,1-3H3,(H,21,23). The van der Waals surface area contributed by atoms with Crippen LogP contribution in [0.4, 0.5) is 11.4 Å². The molecule has 3 rings (SSSR count). The third kappa shape index (κ3) is 4.71. The van der Waals surface area contributed by atoms with Crippen molar-refractivity contribution in [1.29, 1.82) is 0 Å². The predicted molar refractivity (Wildman–Crippen MR) is 114 cm³/mol. The number of carbonyl (C=O) groups is 1. The van der Waals surface area contributed by atoms with Gasteiger partial charge in [-0.05, 0) is 59.3 Å². The molecule has 0 bridgehead atoms. The minimum Gasteiger partial charge on any atom is -0.496 e. The Morgan fingerprint density at radius 1 is 1.07 bits per heavy atom. The van der Waals surface area contributed by atoms with E-state index in [0.29, 0.717) is 16.3 Å². The minimum absolute atomic E-state index is 0.256. The van der Waals surface area contributed by atoms with Crippen molar-refractivity contribution in [1.82, 2.24) is 0 Å². The summed E-state index contributed by atoms with van der Waals surface area (Å²) in [4.78, 5) is 13.2. The molecule has 0 radical (unpaired) electrons. The van der Waals surface area contributed by atoms with E-state index in [4.69, 9.17) is 4.74 Å². The fourth-order valence-electron chi connectivity index (χ4n) is 2.81. The Kier molecular flexibility index (Phi) is 5.71. The maximum absolute atomic E-state index is 12.6. The Morgan fingerprint density at radius 3 is 2.50 bits per heavy atom. The Hall–Kier alpha value is -2.84. The molecule has 0 spiro atoms. The number of anilines is 2. The van der Waals surface area contributed by atoms with Crippen molar-refractivity contribution in [2.24, 2.45) is 0 Å². The highest BCUT2D eigenvalue weighted by atomic mass is 32.2. The van der Waals surface area contributed by atoms with E-state index in [-0.39, 0.29) is 5.91 Å². The lowest BCUT2D eigenvalue weighted by atomic mass is 10.0. The molecule has 0 saturated heterocycles. The number of hydrogen-bond acceptors (Lipinski definition) is 5. The van der Waals surface area contributed by atoms with Crippen LogP contribution in [0.15, 0.2) is 53.9 Å². The second-order valence-corrected chi connectivity index (χ2v) is 8.90. The SMILES string of the molecule is COc1cccc(-c2csc(C(=O)Nc3cccc(NS(C)(=O)=O)c3)c2)c1C. The fourth-order valence-corrected chi connectivity index (χ4v) is 4.17. The van der Waals surface area contributed by atoms with Crippen LogP contribution >= 0.6 is 11.3 Å². The molecule has 8 heteroatoms. The average Bonchev–Trinajstić information content (AvgIpc) is 3.11. The van der Waals surface area contributed by atoms with E-state index >= 15 is 0 Å². The van der Waals surface area contributed by atoms with Gasteiger partial charge < -0.3 is 10.1 Å². The predicted octanol–water partition coefficient (Wildman–Crippen LogP) is 4.36. The molecule has 3 aromatic rings. The quantitative estimate of drug-likeness (QED) is 0.625. The van der Waals surface area contributed by atoms with Crippen molar-refractivity contribution in [3.05, 3.63) is 64.4 Å². The number of benzene rings is 2. The van der Waals surface area contributed by atoms with Crippen LogP contribution in [-0.2, 0) is 10.0 Å². The van der Waals surface area contributed by atoms with E-state index in [1.807, 2.05) is 36.6 Å². The molecule has 0 fully saturated rings. The molecule has 0 saturated carbocycles. The zero-order chi connectivity index (χ0) is 20.3. The summed E-state index contributed by atoms with van der Waals surface area (Å²) in [5.41, 5.74) is 3.85. The van der Waals surface area contributed by atoms with Crippen LogP contribution in [-0.4, -0.2) is 27.7 Å². The molecule has 6 nitrogen and oxygen atoms in total. The zero-order valence-electron chi connectivity index (χ0n) is 15.6. The molecule has 146 valence electrons. The normalized spacial score (nSPS) is 11.1. The first kappa shape index (κ1) is 19.9. The third-order valence-corrected chi connectivity index (χ3v) is 5.60. The topological polar surface area (TPSA) is 84.5 Å². The number of thiophene rings is 1. The van der Waals surface area contributed by atoms with Crippen molar-refractivity contribution >= 4 is 38.6 Å². The van der Waals surface area contributed by atoms with Gasteiger partial charge in [0.1, 0.15) is 5.75 Å². The average molecular weight is 417 g/mol. The van der Waals surface area contributed by atoms with Crippen LogP contribution in [0.25, 0.3) is 11.1 Å². The van der Waals surface area contributed by atoms with Crippen LogP contribution < -0.4 is 14.8 Å². The highest BCUT2D eigenvalue weighted by Gasteiger charge is 2.13. The van der Waals surface area contributed by atoms with Crippen LogP contribution in [0, 0.1) is 6.92 Å². The number of hydrogen-bond donors (Lipinski definition) is 2. The Labute approximate surface area is 168 Å². The Balaban J connectivity index is 1.79. The summed E-state index contributed by atoms with van der Waals surface area (Å²) in [6.45, 7) is 1.98. The van der Waals surface area contributed by atoms with Gasteiger partial charge in [0.15, 0.2) is 0 Å². The molecule has 1 heterocycles. The molecule has 0 aliphatic rings. The summed E-state index contributed by atoms with van der Waals surface area (Å²) in [5.74, 6) is 0.540. The largest absolute Gasteiger partial charge is 0.496 e. The maximum Gasteiger partial charge on any atom is 0.265 e. The number of amides is 1. The number of rotatable bonds is 6. The van der Waals surface area contributed by atoms with Gasteiger partial charge in [0, 0.05) is 5.69 Å². The van der Waals surface area contributed by atoms with Crippen molar-refractivity contribution in [2.45, 2.75) is 6.92 Å². The summed E-state index contributed by atoms with van der Waals surface area (Å²) in [6.07, 6.45) is 1.08. The van der Waals surface area contributed by atoms with Crippen molar-refractivity contribution in [3.8, 4) is 16.9 Å². The zero-order valence-corrected chi connectivity index (χ0v) is 17.3. The van der Waals surface area contributed by atoms with Gasteiger partial charge in [-0.3, -0.25) is 9.52 Å². The second kappa shape index (κ2) is 8.04. The molecule has 1 amide bonds. The van der Waals surface area contributed by atoms with Gasteiger partial charge in [0.2, 0.25) is 10.0 Å². The lowest BCUT2D eigenvalue weighted by Crippen LogP contribution is -2.12. The summed E-state index contributed by atoms with van der Waals surface area (Å²) in [5, 5.41) is 4.73. The number of ether oxygens (including phenoxy) is 1. The first-order valence-electron chi connectivity index (χ1n) is 8.38. The number of sulfonamides is 1. The van der Waals surface area contributed by atoms with E-state index in [1.165, 1.54) is 11.3 Å². The minimum atomic E-state index is -3.38. The lowest BCUT2D eigenvalue weighted by Gasteiger charge is -2.09. The van der Waals surface area contributed by atoms with Gasteiger partial charge in [0.25, 0.3) is 5.91 Å². The molecule has 28 heavy (non-hydrogen) atoms. The van der Waals surface area contributed by atoms with Gasteiger partial charge in [-0.1, -0.05) is 18.2 Å². The van der Waals surface area contributed by atoms with Crippen LogP contribution in [0.3, 0.4) is 0 Å². The summed E-state index contributed by atoms with van der Waals surface area (Å²) < 4.78 is 30.5. The summed E-state index contributed by atoms with van der Waals surface area (Å²) in [7, 11) is -1.75. The van der Waals surface area contributed by atoms with Crippen LogP contribution in [0.1, 0.15) is 15.2 Å². The monoisotopic (exact) mass is 416 g/mol. The number of carbonyl (C=O) groups excluding carboxylic acids is 1. The molecule has 0 atom stereocenters. The third-order valence-electron chi connectivity index (χ3n) is 4.06. The first-order valence-corrected chi connectivity index (χ1v) is 11.2. The molecule has 0 aliphatic heterocycles. The Morgan fingerprint density at radius 2 is 1.79 bits per heavy atom. The second-order valence-electron chi connectivity index (χ2n) is 6.24. The van der Waals surface area contributed by atoms with Gasteiger partial charge in [-0.2, -0.15) is 0 Å². The van der Waals surface area contributed by atoms with E-state index in [2.05, 4.69) is 10.0 Å². The van der Waals surface area contributed by atoms with E-state index in [1.54, 1.807) is 31.4 Å². The molecule has 2 N–H and O–H groups in total. The Bertz CT molecular complexity index is 1120. The van der Waals surface area contributed by atoms with Gasteiger partial charge in [0.05, 0.1) is 23.9 Å². The fraction of sp³-hybridized carbons (Fsp3) is 0.150.